The Bertz CT molecular complexity index is 1330. The quantitative estimate of drug-likeness (QED) is 0.394. The Hall–Kier alpha value is -4.04. The molecular formula is C25H19N3O4S. The second-order valence-corrected chi connectivity index (χ2v) is 8.35. The van der Waals surface area contributed by atoms with E-state index in [-0.39, 0.29) is 0 Å². The van der Waals surface area contributed by atoms with E-state index in [0.717, 1.165) is 15.1 Å². The molecule has 8 heteroatoms. The van der Waals surface area contributed by atoms with E-state index in [2.05, 4.69) is 4.98 Å². The number of amides is 3. The van der Waals surface area contributed by atoms with E-state index < -0.39 is 24.3 Å². The number of ether oxygens (including phenoxy) is 1. The molecule has 2 heterocycles. The molecule has 0 bridgehead atoms. The second-order valence-electron chi connectivity index (χ2n) is 7.34. The molecule has 0 N–H and O–H groups in total. The fourth-order valence-electron chi connectivity index (χ4n) is 3.81. The minimum absolute atomic E-state index is 0.302. The van der Waals surface area contributed by atoms with Gasteiger partial charge in [0, 0.05) is 0 Å². The van der Waals surface area contributed by atoms with E-state index >= 15 is 0 Å². The third-order valence-electron chi connectivity index (χ3n) is 5.30. The standard InChI is InChI=1S/C25H19N3O4S/c1-2-32-20-13-7-6-12-19(20)28(25-26-18-11-5-8-14-21(18)33-25)22(29)15-27-23(30)16-9-3-4-10-17(16)24(27)31/h3-14H,2,15H2,1H3. The fourth-order valence-corrected chi connectivity index (χ4v) is 4.80. The van der Waals surface area contributed by atoms with Gasteiger partial charge in [-0.2, -0.15) is 0 Å². The Morgan fingerprint density at radius 1 is 0.939 bits per heavy atom. The fraction of sp³-hybridized carbons (Fsp3) is 0.120. The molecule has 1 aliphatic heterocycles. The molecule has 0 aliphatic carbocycles. The number of para-hydroxylation sites is 3. The zero-order chi connectivity index (χ0) is 22.9. The van der Waals surface area contributed by atoms with Crippen LogP contribution in [0.4, 0.5) is 10.8 Å². The van der Waals surface area contributed by atoms with Gasteiger partial charge in [-0.15, -0.1) is 0 Å². The van der Waals surface area contributed by atoms with Crippen molar-refractivity contribution in [2.24, 2.45) is 0 Å². The number of hydrogen-bond donors (Lipinski definition) is 0. The van der Waals surface area contributed by atoms with E-state index in [1.807, 2.05) is 37.3 Å². The maximum atomic E-state index is 13.7. The lowest BCUT2D eigenvalue weighted by atomic mass is 10.1. The summed E-state index contributed by atoms with van der Waals surface area (Å²) in [6.07, 6.45) is 0. The van der Waals surface area contributed by atoms with Crippen LogP contribution in [0.25, 0.3) is 10.2 Å². The van der Waals surface area contributed by atoms with Crippen LogP contribution in [0.5, 0.6) is 5.75 Å². The Kier molecular flexibility index (Phi) is 5.35. The highest BCUT2D eigenvalue weighted by molar-refractivity contribution is 7.22. The second kappa shape index (κ2) is 8.48. The Morgan fingerprint density at radius 2 is 1.58 bits per heavy atom. The van der Waals surface area contributed by atoms with Crippen LogP contribution in [0.15, 0.2) is 72.8 Å². The minimum atomic E-state index is -0.480. The third kappa shape index (κ3) is 3.64. The first-order chi connectivity index (χ1) is 16.1. The summed E-state index contributed by atoms with van der Waals surface area (Å²) in [4.78, 5) is 46.4. The van der Waals surface area contributed by atoms with Crippen LogP contribution in [-0.2, 0) is 4.79 Å². The molecular weight excluding hydrogens is 438 g/mol. The van der Waals surface area contributed by atoms with Crippen molar-refractivity contribution < 1.29 is 19.1 Å². The normalized spacial score (nSPS) is 12.8. The van der Waals surface area contributed by atoms with Crippen molar-refractivity contribution in [3.05, 3.63) is 83.9 Å². The van der Waals surface area contributed by atoms with E-state index in [9.17, 15) is 14.4 Å². The summed E-state index contributed by atoms with van der Waals surface area (Å²) in [5.74, 6) is -0.914. The van der Waals surface area contributed by atoms with Crippen LogP contribution in [0.1, 0.15) is 27.6 Å². The minimum Gasteiger partial charge on any atom is -0.492 e. The van der Waals surface area contributed by atoms with E-state index in [4.69, 9.17) is 4.74 Å². The van der Waals surface area contributed by atoms with Crippen LogP contribution < -0.4 is 9.64 Å². The maximum Gasteiger partial charge on any atom is 0.262 e. The number of rotatable bonds is 6. The smallest absolute Gasteiger partial charge is 0.262 e. The summed E-state index contributed by atoms with van der Waals surface area (Å²) in [6.45, 7) is 1.86. The number of nitrogens with zero attached hydrogens (tertiary/aromatic N) is 3. The van der Waals surface area contributed by atoms with Gasteiger partial charge in [0.05, 0.1) is 33.6 Å². The molecule has 3 amide bonds. The molecule has 0 unspecified atom stereocenters. The third-order valence-corrected chi connectivity index (χ3v) is 6.32. The first-order valence-electron chi connectivity index (χ1n) is 10.4. The SMILES string of the molecule is CCOc1ccccc1N(C(=O)CN1C(=O)c2ccccc2C1=O)c1nc2ccccc2s1. The van der Waals surface area contributed by atoms with Crippen LogP contribution in [0, 0.1) is 0 Å². The van der Waals surface area contributed by atoms with Gasteiger partial charge in [0.1, 0.15) is 12.3 Å². The molecule has 164 valence electrons. The highest BCUT2D eigenvalue weighted by Crippen LogP contribution is 2.38. The van der Waals surface area contributed by atoms with Crippen molar-refractivity contribution in [1.29, 1.82) is 0 Å². The van der Waals surface area contributed by atoms with Crippen LogP contribution >= 0.6 is 11.3 Å². The monoisotopic (exact) mass is 457 g/mol. The molecule has 4 aromatic rings. The topological polar surface area (TPSA) is 79.8 Å². The molecule has 7 nitrogen and oxygen atoms in total. The lowest BCUT2D eigenvalue weighted by molar-refractivity contribution is -0.118. The van der Waals surface area contributed by atoms with Gasteiger partial charge in [-0.1, -0.05) is 47.7 Å². The van der Waals surface area contributed by atoms with Gasteiger partial charge >= 0.3 is 0 Å². The molecule has 0 atom stereocenters. The van der Waals surface area contributed by atoms with Crippen LogP contribution in [0.2, 0.25) is 0 Å². The molecule has 0 radical (unpaired) electrons. The van der Waals surface area contributed by atoms with Gasteiger partial charge in [-0.25, -0.2) is 4.98 Å². The first kappa shape index (κ1) is 20.8. The van der Waals surface area contributed by atoms with Gasteiger partial charge in [0.15, 0.2) is 5.13 Å². The molecule has 0 saturated carbocycles. The molecule has 0 fully saturated rings. The van der Waals surface area contributed by atoms with Gasteiger partial charge in [0.2, 0.25) is 0 Å². The maximum absolute atomic E-state index is 13.7. The van der Waals surface area contributed by atoms with Crippen LogP contribution in [0.3, 0.4) is 0 Å². The molecule has 0 saturated heterocycles. The first-order valence-corrected chi connectivity index (χ1v) is 11.3. The van der Waals surface area contributed by atoms with Crippen molar-refractivity contribution in [2.75, 3.05) is 18.1 Å². The van der Waals surface area contributed by atoms with Crippen LogP contribution in [-0.4, -0.2) is 40.8 Å². The van der Waals surface area contributed by atoms with Gasteiger partial charge < -0.3 is 4.74 Å². The lowest BCUT2D eigenvalue weighted by Gasteiger charge is -2.24. The Labute approximate surface area is 193 Å². The Balaban J connectivity index is 1.56. The Morgan fingerprint density at radius 3 is 2.27 bits per heavy atom. The zero-order valence-corrected chi connectivity index (χ0v) is 18.5. The average Bonchev–Trinajstić information content (AvgIpc) is 3.36. The number of aromatic nitrogens is 1. The molecule has 33 heavy (non-hydrogen) atoms. The molecule has 1 aromatic heterocycles. The molecule has 3 aromatic carbocycles. The summed E-state index contributed by atoms with van der Waals surface area (Å²) in [6, 6.07) is 21.3. The van der Waals surface area contributed by atoms with Crippen molar-refractivity contribution in [1.82, 2.24) is 9.88 Å². The summed E-state index contributed by atoms with van der Waals surface area (Å²) in [5, 5.41) is 0.435. The van der Waals surface area contributed by atoms with E-state index in [1.165, 1.54) is 16.2 Å². The molecule has 0 spiro atoms. The number of carbonyl (C=O) groups is 3. The number of carbonyl (C=O) groups excluding carboxylic acids is 3. The van der Waals surface area contributed by atoms with Gasteiger partial charge in [0.25, 0.3) is 17.7 Å². The van der Waals surface area contributed by atoms with E-state index in [1.54, 1.807) is 42.5 Å². The predicted octanol–water partition coefficient (Wildman–Crippen LogP) is 4.66. The number of fused-ring (bicyclic) bond motifs is 2. The summed E-state index contributed by atoms with van der Waals surface area (Å²) >= 11 is 1.35. The summed E-state index contributed by atoms with van der Waals surface area (Å²) in [5.41, 5.74) is 1.86. The number of benzene rings is 3. The van der Waals surface area contributed by atoms with Crippen molar-refractivity contribution in [2.45, 2.75) is 6.92 Å². The number of anilines is 2. The van der Waals surface area contributed by atoms with Crippen molar-refractivity contribution in [3.8, 4) is 5.75 Å². The molecule has 5 rings (SSSR count). The highest BCUT2D eigenvalue weighted by Gasteiger charge is 2.38. The zero-order valence-electron chi connectivity index (χ0n) is 17.7. The highest BCUT2D eigenvalue weighted by atomic mass is 32.1. The summed E-state index contributed by atoms with van der Waals surface area (Å²) < 4.78 is 6.68. The predicted molar refractivity (Wildman–Crippen MR) is 126 cm³/mol. The lowest BCUT2D eigenvalue weighted by Crippen LogP contribution is -2.41. The van der Waals surface area contributed by atoms with Crippen molar-refractivity contribution >= 4 is 50.1 Å². The average molecular weight is 458 g/mol. The van der Waals surface area contributed by atoms with Gasteiger partial charge in [-0.05, 0) is 43.3 Å². The number of imide groups is 1. The molecule has 1 aliphatic rings. The summed E-state index contributed by atoms with van der Waals surface area (Å²) in [7, 11) is 0. The van der Waals surface area contributed by atoms with E-state index in [0.29, 0.717) is 34.3 Å². The van der Waals surface area contributed by atoms with Crippen molar-refractivity contribution in [3.63, 3.8) is 0 Å². The number of thiazole rings is 1. The number of hydrogen-bond acceptors (Lipinski definition) is 6. The van der Waals surface area contributed by atoms with Gasteiger partial charge in [-0.3, -0.25) is 24.2 Å². The largest absolute Gasteiger partial charge is 0.492 e.